The fourth-order valence-corrected chi connectivity index (χ4v) is 2.43. The van der Waals surface area contributed by atoms with Crippen molar-refractivity contribution in [2.24, 2.45) is 5.92 Å². The quantitative estimate of drug-likeness (QED) is 0.798. The molecule has 2 rings (SSSR count). The number of rotatable bonds is 6. The first kappa shape index (κ1) is 14.4. The van der Waals surface area contributed by atoms with Gasteiger partial charge in [0.2, 0.25) is 0 Å². The molecule has 0 spiro atoms. The van der Waals surface area contributed by atoms with Crippen LogP contribution in [0.15, 0.2) is 28.2 Å². The van der Waals surface area contributed by atoms with E-state index in [4.69, 9.17) is 4.42 Å². The van der Waals surface area contributed by atoms with E-state index in [0.717, 1.165) is 50.7 Å². The molecule has 2 heterocycles. The van der Waals surface area contributed by atoms with E-state index in [9.17, 15) is 0 Å². The maximum atomic E-state index is 5.88. The molecule has 0 amide bonds. The highest BCUT2D eigenvalue weighted by Crippen LogP contribution is 2.15. The maximum Gasteiger partial charge on any atom is 0.118 e. The van der Waals surface area contributed by atoms with E-state index in [1.807, 2.05) is 0 Å². The minimum absolute atomic E-state index is 0.678. The summed E-state index contributed by atoms with van der Waals surface area (Å²) >= 11 is 0. The average molecular weight is 262 g/mol. The van der Waals surface area contributed by atoms with Crippen molar-refractivity contribution >= 4 is 0 Å². The molecular weight excluding hydrogens is 236 g/mol. The first-order chi connectivity index (χ1) is 9.13. The van der Waals surface area contributed by atoms with Crippen LogP contribution in [0.2, 0.25) is 0 Å². The lowest BCUT2D eigenvalue weighted by molar-refractivity contribution is 0.254. The van der Waals surface area contributed by atoms with E-state index < -0.39 is 0 Å². The summed E-state index contributed by atoms with van der Waals surface area (Å²) in [5, 5.41) is 3.41. The van der Waals surface area contributed by atoms with Crippen molar-refractivity contribution in [3.63, 3.8) is 0 Å². The van der Waals surface area contributed by atoms with E-state index in [-0.39, 0.29) is 0 Å². The molecule has 3 heteroatoms. The Balaban J connectivity index is 1.79. The Bertz CT molecular complexity index is 420. The summed E-state index contributed by atoms with van der Waals surface area (Å²) in [5.41, 5.74) is 1.47. The van der Waals surface area contributed by atoms with Gasteiger partial charge in [-0.15, -0.1) is 0 Å². The summed E-state index contributed by atoms with van der Waals surface area (Å²) in [5.74, 6) is 2.80. The smallest absolute Gasteiger partial charge is 0.118 e. The fraction of sp³-hybridized carbons (Fsp3) is 0.625. The zero-order valence-electron chi connectivity index (χ0n) is 12.4. The lowest BCUT2D eigenvalue weighted by Gasteiger charge is -2.24. The molecule has 0 saturated heterocycles. The van der Waals surface area contributed by atoms with Gasteiger partial charge in [-0.3, -0.25) is 4.90 Å². The van der Waals surface area contributed by atoms with Crippen LogP contribution in [0.1, 0.15) is 38.7 Å². The molecule has 3 nitrogen and oxygen atoms in total. The molecule has 0 unspecified atom stereocenters. The standard InChI is InChI=1S/C16H26N2O/c1-13(2)9-17-10-15-6-7-16(19-15)12-18-8-4-5-14(3)11-18/h5-7,13,17H,4,8-12H2,1-3H3. The summed E-state index contributed by atoms with van der Waals surface area (Å²) in [7, 11) is 0. The normalized spacial score (nSPS) is 16.9. The van der Waals surface area contributed by atoms with Crippen LogP contribution in [0, 0.1) is 5.92 Å². The molecule has 1 aliphatic heterocycles. The van der Waals surface area contributed by atoms with Gasteiger partial charge in [-0.1, -0.05) is 25.5 Å². The van der Waals surface area contributed by atoms with Crippen molar-refractivity contribution in [2.75, 3.05) is 19.6 Å². The topological polar surface area (TPSA) is 28.4 Å². The van der Waals surface area contributed by atoms with Gasteiger partial charge in [0.1, 0.15) is 11.5 Å². The number of furan rings is 1. The van der Waals surface area contributed by atoms with Gasteiger partial charge in [0, 0.05) is 13.1 Å². The zero-order valence-corrected chi connectivity index (χ0v) is 12.4. The highest BCUT2D eigenvalue weighted by Gasteiger charge is 2.12. The first-order valence-corrected chi connectivity index (χ1v) is 7.30. The molecule has 106 valence electrons. The predicted molar refractivity (Wildman–Crippen MR) is 78.9 cm³/mol. The van der Waals surface area contributed by atoms with Crippen LogP contribution in [0.4, 0.5) is 0 Å². The van der Waals surface area contributed by atoms with E-state index in [1.54, 1.807) is 0 Å². The van der Waals surface area contributed by atoms with Gasteiger partial charge in [-0.25, -0.2) is 0 Å². The fourth-order valence-electron chi connectivity index (χ4n) is 2.43. The third-order valence-electron chi connectivity index (χ3n) is 3.36. The van der Waals surface area contributed by atoms with Crippen LogP contribution >= 0.6 is 0 Å². The van der Waals surface area contributed by atoms with Crippen molar-refractivity contribution in [3.8, 4) is 0 Å². The van der Waals surface area contributed by atoms with Crippen LogP contribution in [-0.2, 0) is 13.1 Å². The van der Waals surface area contributed by atoms with E-state index in [1.165, 1.54) is 5.57 Å². The minimum atomic E-state index is 0.678. The van der Waals surface area contributed by atoms with Gasteiger partial charge < -0.3 is 9.73 Å². The van der Waals surface area contributed by atoms with Gasteiger partial charge in [0.15, 0.2) is 0 Å². The van der Waals surface area contributed by atoms with Gasteiger partial charge in [0.25, 0.3) is 0 Å². The Kier molecular flexibility index (Phi) is 5.23. The summed E-state index contributed by atoms with van der Waals surface area (Å²) in [4.78, 5) is 2.44. The highest BCUT2D eigenvalue weighted by molar-refractivity contribution is 5.09. The second-order valence-electron chi connectivity index (χ2n) is 5.94. The molecule has 1 aliphatic rings. The summed E-state index contributed by atoms with van der Waals surface area (Å²) in [6.07, 6.45) is 3.50. The first-order valence-electron chi connectivity index (χ1n) is 7.30. The third kappa shape index (κ3) is 4.84. The minimum Gasteiger partial charge on any atom is -0.463 e. The number of nitrogens with one attached hydrogen (secondary N) is 1. The van der Waals surface area contributed by atoms with Gasteiger partial charge >= 0.3 is 0 Å². The Morgan fingerprint density at radius 3 is 2.84 bits per heavy atom. The molecular formula is C16H26N2O. The molecule has 19 heavy (non-hydrogen) atoms. The molecule has 0 aromatic carbocycles. The van der Waals surface area contributed by atoms with Crippen molar-refractivity contribution in [1.29, 1.82) is 0 Å². The molecule has 0 saturated carbocycles. The van der Waals surface area contributed by atoms with Crippen LogP contribution in [0.25, 0.3) is 0 Å². The Morgan fingerprint density at radius 2 is 2.11 bits per heavy atom. The van der Waals surface area contributed by atoms with Crippen LogP contribution in [0.5, 0.6) is 0 Å². The average Bonchev–Trinajstić information content (AvgIpc) is 2.76. The molecule has 0 fully saturated rings. The third-order valence-corrected chi connectivity index (χ3v) is 3.36. The maximum absolute atomic E-state index is 5.88. The van der Waals surface area contributed by atoms with Crippen LogP contribution < -0.4 is 5.32 Å². The van der Waals surface area contributed by atoms with Crippen LogP contribution in [-0.4, -0.2) is 24.5 Å². The summed E-state index contributed by atoms with van der Waals surface area (Å²) in [6.45, 7) is 11.6. The van der Waals surface area contributed by atoms with Gasteiger partial charge in [-0.2, -0.15) is 0 Å². The van der Waals surface area contributed by atoms with Crippen molar-refractivity contribution < 1.29 is 4.42 Å². The van der Waals surface area contributed by atoms with Crippen LogP contribution in [0.3, 0.4) is 0 Å². The monoisotopic (exact) mass is 262 g/mol. The van der Waals surface area contributed by atoms with E-state index in [0.29, 0.717) is 5.92 Å². The Labute approximate surface area is 116 Å². The molecule has 0 bridgehead atoms. The van der Waals surface area contributed by atoms with E-state index >= 15 is 0 Å². The van der Waals surface area contributed by atoms with Gasteiger partial charge in [0.05, 0.1) is 13.1 Å². The largest absolute Gasteiger partial charge is 0.463 e. The van der Waals surface area contributed by atoms with E-state index in [2.05, 4.69) is 49.2 Å². The molecule has 0 radical (unpaired) electrons. The number of hydrogen-bond donors (Lipinski definition) is 1. The van der Waals surface area contributed by atoms with Crippen molar-refractivity contribution in [1.82, 2.24) is 10.2 Å². The lowest BCUT2D eigenvalue weighted by Crippen LogP contribution is -2.28. The zero-order chi connectivity index (χ0) is 13.7. The number of nitrogens with zero attached hydrogens (tertiary/aromatic N) is 1. The number of hydrogen-bond acceptors (Lipinski definition) is 3. The molecule has 1 aromatic rings. The summed E-state index contributed by atoms with van der Waals surface area (Å²) in [6, 6.07) is 4.20. The molecule has 0 aliphatic carbocycles. The lowest BCUT2D eigenvalue weighted by atomic mass is 10.1. The Morgan fingerprint density at radius 1 is 1.32 bits per heavy atom. The second-order valence-corrected chi connectivity index (χ2v) is 5.94. The second kappa shape index (κ2) is 6.92. The Hall–Kier alpha value is -1.06. The SMILES string of the molecule is CC1=CCCN(Cc2ccc(CNCC(C)C)o2)C1. The van der Waals surface area contributed by atoms with Crippen molar-refractivity contribution in [2.45, 2.75) is 40.3 Å². The molecule has 1 aromatic heterocycles. The predicted octanol–water partition coefficient (Wildman–Crippen LogP) is 3.18. The molecule has 1 N–H and O–H groups in total. The van der Waals surface area contributed by atoms with Crippen molar-refractivity contribution in [3.05, 3.63) is 35.3 Å². The van der Waals surface area contributed by atoms with Gasteiger partial charge in [-0.05, 0) is 37.9 Å². The molecule has 0 atom stereocenters. The summed E-state index contributed by atoms with van der Waals surface area (Å²) < 4.78 is 5.88. The highest BCUT2D eigenvalue weighted by atomic mass is 16.3.